The van der Waals surface area contributed by atoms with Gasteiger partial charge < -0.3 is 0 Å². The summed E-state index contributed by atoms with van der Waals surface area (Å²) >= 11 is 0. The third-order valence-electron chi connectivity index (χ3n) is 3.95. The normalized spacial score (nSPS) is 29.9. The van der Waals surface area contributed by atoms with Gasteiger partial charge in [0.2, 0.25) is 0 Å². The van der Waals surface area contributed by atoms with Crippen molar-refractivity contribution >= 4 is 5.57 Å². The Balaban J connectivity index is 1.93. The summed E-state index contributed by atoms with van der Waals surface area (Å²) in [4.78, 5) is 2.66. The molecular formula is C15H19N. The standard InChI is InChI=1S/C15H19N/c1-12-11-14(13-7-3-2-4-8-13)15-9-5-6-10-16(12)15/h2-4,7-8,11-12,15H,5-6,9-10H2,1H3. The molecular weight excluding hydrogens is 194 g/mol. The second-order valence-corrected chi connectivity index (χ2v) is 4.98. The van der Waals surface area contributed by atoms with Gasteiger partial charge in [-0.15, -0.1) is 0 Å². The maximum absolute atomic E-state index is 2.66. The Morgan fingerprint density at radius 1 is 1.12 bits per heavy atom. The first-order valence-corrected chi connectivity index (χ1v) is 6.39. The van der Waals surface area contributed by atoms with E-state index in [-0.39, 0.29) is 0 Å². The lowest BCUT2D eigenvalue weighted by Gasteiger charge is -2.34. The van der Waals surface area contributed by atoms with Crippen LogP contribution in [0.3, 0.4) is 0 Å². The fourth-order valence-electron chi connectivity index (χ4n) is 3.16. The van der Waals surface area contributed by atoms with Crippen LogP contribution in [0.1, 0.15) is 31.7 Å². The fourth-order valence-corrected chi connectivity index (χ4v) is 3.16. The molecule has 2 aliphatic rings. The monoisotopic (exact) mass is 213 g/mol. The van der Waals surface area contributed by atoms with Crippen LogP contribution in [-0.4, -0.2) is 23.5 Å². The van der Waals surface area contributed by atoms with Crippen LogP contribution in [-0.2, 0) is 0 Å². The molecule has 2 heterocycles. The van der Waals surface area contributed by atoms with Gasteiger partial charge in [-0.25, -0.2) is 0 Å². The van der Waals surface area contributed by atoms with E-state index < -0.39 is 0 Å². The Hall–Kier alpha value is -1.08. The summed E-state index contributed by atoms with van der Waals surface area (Å²) in [7, 11) is 0. The second kappa shape index (κ2) is 4.06. The highest BCUT2D eigenvalue weighted by Gasteiger charge is 2.34. The van der Waals surface area contributed by atoms with Crippen molar-refractivity contribution in [3.63, 3.8) is 0 Å². The molecule has 2 atom stereocenters. The smallest absolute Gasteiger partial charge is 0.0357 e. The maximum atomic E-state index is 2.66. The molecule has 1 fully saturated rings. The van der Waals surface area contributed by atoms with Gasteiger partial charge in [-0.3, -0.25) is 4.90 Å². The second-order valence-electron chi connectivity index (χ2n) is 4.98. The van der Waals surface area contributed by atoms with E-state index in [1.807, 2.05) is 0 Å². The van der Waals surface area contributed by atoms with Gasteiger partial charge in [-0.05, 0) is 37.4 Å². The number of piperidine rings is 1. The number of hydrogen-bond acceptors (Lipinski definition) is 1. The first-order chi connectivity index (χ1) is 7.86. The van der Waals surface area contributed by atoms with Crippen molar-refractivity contribution in [2.75, 3.05) is 6.54 Å². The van der Waals surface area contributed by atoms with E-state index in [0.717, 1.165) is 0 Å². The molecule has 16 heavy (non-hydrogen) atoms. The number of hydrogen-bond donors (Lipinski definition) is 0. The van der Waals surface area contributed by atoms with Gasteiger partial charge in [0.25, 0.3) is 0 Å². The van der Waals surface area contributed by atoms with E-state index in [1.54, 1.807) is 5.57 Å². The number of rotatable bonds is 1. The Bertz CT molecular complexity index is 393. The van der Waals surface area contributed by atoms with Crippen LogP contribution in [0.25, 0.3) is 5.57 Å². The molecule has 2 unspecified atom stereocenters. The van der Waals surface area contributed by atoms with Crippen LogP contribution in [0.15, 0.2) is 36.4 Å². The van der Waals surface area contributed by atoms with Crippen LogP contribution < -0.4 is 0 Å². The number of fused-ring (bicyclic) bond motifs is 1. The van der Waals surface area contributed by atoms with Gasteiger partial charge in [-0.1, -0.05) is 42.8 Å². The van der Waals surface area contributed by atoms with Gasteiger partial charge in [0.1, 0.15) is 0 Å². The lowest BCUT2D eigenvalue weighted by molar-refractivity contribution is 0.176. The molecule has 1 heteroatoms. The van der Waals surface area contributed by atoms with Crippen molar-refractivity contribution in [2.24, 2.45) is 0 Å². The molecule has 0 radical (unpaired) electrons. The molecule has 3 rings (SSSR count). The predicted octanol–water partition coefficient (Wildman–Crippen LogP) is 3.33. The summed E-state index contributed by atoms with van der Waals surface area (Å²) in [5.41, 5.74) is 2.98. The van der Waals surface area contributed by atoms with Gasteiger partial charge in [0, 0.05) is 12.1 Å². The Morgan fingerprint density at radius 2 is 1.94 bits per heavy atom. The van der Waals surface area contributed by atoms with Gasteiger partial charge in [0.15, 0.2) is 0 Å². The largest absolute Gasteiger partial charge is 0.290 e. The van der Waals surface area contributed by atoms with Crippen molar-refractivity contribution in [1.82, 2.24) is 4.90 Å². The fraction of sp³-hybridized carbons (Fsp3) is 0.467. The van der Waals surface area contributed by atoms with Crippen LogP contribution in [0, 0.1) is 0 Å². The molecule has 0 bridgehead atoms. The Morgan fingerprint density at radius 3 is 2.75 bits per heavy atom. The molecule has 0 N–H and O–H groups in total. The summed E-state index contributed by atoms with van der Waals surface area (Å²) in [5.74, 6) is 0. The van der Waals surface area contributed by atoms with Crippen LogP contribution in [0.5, 0.6) is 0 Å². The van der Waals surface area contributed by atoms with Crippen LogP contribution in [0.4, 0.5) is 0 Å². The van der Waals surface area contributed by atoms with E-state index in [4.69, 9.17) is 0 Å². The van der Waals surface area contributed by atoms with E-state index in [0.29, 0.717) is 12.1 Å². The summed E-state index contributed by atoms with van der Waals surface area (Å²) < 4.78 is 0. The number of benzene rings is 1. The third kappa shape index (κ3) is 1.60. The lowest BCUT2D eigenvalue weighted by Crippen LogP contribution is -2.40. The summed E-state index contributed by atoms with van der Waals surface area (Å²) in [6.07, 6.45) is 6.56. The highest BCUT2D eigenvalue weighted by molar-refractivity contribution is 5.72. The molecule has 2 aliphatic heterocycles. The zero-order valence-electron chi connectivity index (χ0n) is 9.89. The van der Waals surface area contributed by atoms with Crippen LogP contribution >= 0.6 is 0 Å². The van der Waals surface area contributed by atoms with Crippen LogP contribution in [0.2, 0.25) is 0 Å². The number of nitrogens with zero attached hydrogens (tertiary/aromatic N) is 1. The Labute approximate surface area is 97.8 Å². The van der Waals surface area contributed by atoms with Gasteiger partial charge >= 0.3 is 0 Å². The molecule has 1 aromatic rings. The van der Waals surface area contributed by atoms with Gasteiger partial charge in [-0.2, -0.15) is 0 Å². The van der Waals surface area contributed by atoms with Gasteiger partial charge in [0.05, 0.1) is 0 Å². The third-order valence-corrected chi connectivity index (χ3v) is 3.95. The summed E-state index contributed by atoms with van der Waals surface area (Å²) in [6.45, 7) is 3.60. The summed E-state index contributed by atoms with van der Waals surface area (Å²) in [6, 6.07) is 12.2. The topological polar surface area (TPSA) is 3.24 Å². The van der Waals surface area contributed by atoms with Crippen molar-refractivity contribution in [2.45, 2.75) is 38.3 Å². The van der Waals surface area contributed by atoms with Crippen molar-refractivity contribution < 1.29 is 0 Å². The molecule has 0 aromatic heterocycles. The highest BCUT2D eigenvalue weighted by Crippen LogP contribution is 2.36. The minimum atomic E-state index is 0.625. The molecule has 0 saturated carbocycles. The molecule has 0 spiro atoms. The molecule has 0 aliphatic carbocycles. The van der Waals surface area contributed by atoms with Crippen molar-refractivity contribution in [3.05, 3.63) is 42.0 Å². The first kappa shape index (κ1) is 10.1. The summed E-state index contributed by atoms with van der Waals surface area (Å²) in [5, 5.41) is 0. The Kier molecular flexibility index (Phi) is 2.56. The SMILES string of the molecule is CC1C=C(c2ccccc2)C2CCCCN12. The quantitative estimate of drug-likeness (QED) is 0.691. The maximum Gasteiger partial charge on any atom is 0.0357 e. The minimum Gasteiger partial charge on any atom is -0.290 e. The molecule has 0 amide bonds. The molecule has 1 saturated heterocycles. The molecule has 84 valence electrons. The molecule has 1 nitrogen and oxygen atoms in total. The van der Waals surface area contributed by atoms with E-state index in [2.05, 4.69) is 48.2 Å². The lowest BCUT2D eigenvalue weighted by atomic mass is 9.93. The average Bonchev–Trinajstić information content (AvgIpc) is 2.69. The van der Waals surface area contributed by atoms with E-state index in [1.165, 1.54) is 31.4 Å². The van der Waals surface area contributed by atoms with Crippen molar-refractivity contribution in [3.8, 4) is 0 Å². The first-order valence-electron chi connectivity index (χ1n) is 6.39. The molecule has 1 aromatic carbocycles. The highest BCUT2D eigenvalue weighted by atomic mass is 15.2. The minimum absolute atomic E-state index is 0.625. The van der Waals surface area contributed by atoms with E-state index >= 15 is 0 Å². The predicted molar refractivity (Wildman–Crippen MR) is 68.2 cm³/mol. The zero-order valence-corrected chi connectivity index (χ0v) is 9.89. The van der Waals surface area contributed by atoms with E-state index in [9.17, 15) is 0 Å². The zero-order chi connectivity index (χ0) is 11.0. The average molecular weight is 213 g/mol. The van der Waals surface area contributed by atoms with Crippen molar-refractivity contribution in [1.29, 1.82) is 0 Å².